The normalized spacial score (nSPS) is 26.3. The maximum Gasteiger partial charge on any atom is 0.159 e. The van der Waals surface area contributed by atoms with Gasteiger partial charge in [-0.05, 0) is 48.1 Å². The van der Waals surface area contributed by atoms with Crippen LogP contribution in [0.3, 0.4) is 0 Å². The Morgan fingerprint density at radius 2 is 1.83 bits per heavy atom. The number of fused-ring (bicyclic) bond motifs is 1. The lowest BCUT2D eigenvalue weighted by Crippen LogP contribution is -2.09. The second-order valence-electron chi connectivity index (χ2n) is 4.91. The molecule has 94 valence electrons. The fraction of sp³-hybridized carbons (Fsp3) is 0.357. The monoisotopic (exact) mass is 282 g/mol. The van der Waals surface area contributed by atoms with Crippen LogP contribution < -0.4 is 0 Å². The van der Waals surface area contributed by atoms with Gasteiger partial charge >= 0.3 is 0 Å². The zero-order chi connectivity index (χ0) is 12.9. The second kappa shape index (κ2) is 4.29. The minimum atomic E-state index is -0.0293. The van der Waals surface area contributed by atoms with Crippen molar-refractivity contribution in [2.45, 2.75) is 19.3 Å². The predicted octanol–water partition coefficient (Wildman–Crippen LogP) is 4.08. The molecule has 0 saturated heterocycles. The Bertz CT molecular complexity index is 563. The molecule has 0 spiro atoms. The molecule has 0 bridgehead atoms. The van der Waals surface area contributed by atoms with Gasteiger partial charge in [-0.1, -0.05) is 29.6 Å². The number of phenols is 1. The molecule has 2 nitrogen and oxygen atoms in total. The Morgan fingerprint density at radius 3 is 2.61 bits per heavy atom. The minimum absolute atomic E-state index is 0.0293. The number of carbonyl (C=O) groups is 1. The van der Waals surface area contributed by atoms with Gasteiger partial charge in [-0.2, -0.15) is 0 Å². The molecular formula is C14H12Cl2O2. The van der Waals surface area contributed by atoms with E-state index in [2.05, 4.69) is 0 Å². The molecule has 0 aliphatic heterocycles. The average molecular weight is 283 g/mol. The van der Waals surface area contributed by atoms with Gasteiger partial charge in [0, 0.05) is 5.92 Å². The first kappa shape index (κ1) is 12.1. The maximum absolute atomic E-state index is 11.9. The van der Waals surface area contributed by atoms with Crippen molar-refractivity contribution in [3.05, 3.63) is 33.8 Å². The van der Waals surface area contributed by atoms with Crippen LogP contribution in [-0.2, 0) is 4.79 Å². The van der Waals surface area contributed by atoms with Crippen LogP contribution in [-0.4, -0.2) is 10.9 Å². The average Bonchev–Trinajstić information content (AvgIpc) is 2.92. The predicted molar refractivity (Wildman–Crippen MR) is 71.9 cm³/mol. The molecule has 0 radical (unpaired) electrons. The summed E-state index contributed by atoms with van der Waals surface area (Å²) in [6, 6.07) is 3.26. The standard InChI is InChI=1S/C14H12Cl2O2/c15-13-9(4-5-11(17)14(13)16)10-6-12(18)8-3-1-2-7(8)10/h4-8,17H,1-3H2. The van der Waals surface area contributed by atoms with Crippen molar-refractivity contribution in [2.24, 2.45) is 11.8 Å². The van der Waals surface area contributed by atoms with E-state index in [4.69, 9.17) is 23.2 Å². The number of aromatic hydroxyl groups is 1. The number of hydrogen-bond acceptors (Lipinski definition) is 2. The highest BCUT2D eigenvalue weighted by molar-refractivity contribution is 6.44. The molecule has 3 rings (SSSR count). The summed E-state index contributed by atoms with van der Waals surface area (Å²) in [7, 11) is 0. The number of hydrogen-bond donors (Lipinski definition) is 1. The van der Waals surface area contributed by atoms with E-state index in [1.165, 1.54) is 6.07 Å². The molecule has 18 heavy (non-hydrogen) atoms. The van der Waals surface area contributed by atoms with E-state index in [0.29, 0.717) is 5.02 Å². The van der Waals surface area contributed by atoms with Crippen LogP contribution in [0, 0.1) is 11.8 Å². The van der Waals surface area contributed by atoms with Crippen molar-refractivity contribution in [2.75, 3.05) is 0 Å². The molecular weight excluding hydrogens is 271 g/mol. The lowest BCUT2D eigenvalue weighted by molar-refractivity contribution is -0.117. The highest BCUT2D eigenvalue weighted by Gasteiger charge is 2.40. The lowest BCUT2D eigenvalue weighted by atomic mass is 9.90. The number of allylic oxidation sites excluding steroid dienone is 2. The van der Waals surface area contributed by atoms with Gasteiger partial charge in [-0.15, -0.1) is 0 Å². The van der Waals surface area contributed by atoms with E-state index >= 15 is 0 Å². The van der Waals surface area contributed by atoms with Gasteiger partial charge in [0.05, 0.1) is 5.02 Å². The number of halogens is 2. The largest absolute Gasteiger partial charge is 0.506 e. The number of carbonyl (C=O) groups excluding carboxylic acids is 1. The van der Waals surface area contributed by atoms with E-state index in [-0.39, 0.29) is 28.4 Å². The van der Waals surface area contributed by atoms with Gasteiger partial charge < -0.3 is 5.11 Å². The molecule has 4 heteroatoms. The van der Waals surface area contributed by atoms with Crippen LogP contribution in [0.1, 0.15) is 24.8 Å². The fourth-order valence-electron chi connectivity index (χ4n) is 3.08. The van der Waals surface area contributed by atoms with Crippen LogP contribution >= 0.6 is 23.2 Å². The summed E-state index contributed by atoms with van der Waals surface area (Å²) in [5.74, 6) is 0.574. The molecule has 1 fully saturated rings. The Labute approximate surface area is 115 Å². The third-order valence-electron chi connectivity index (χ3n) is 3.95. The van der Waals surface area contributed by atoms with E-state index in [9.17, 15) is 9.90 Å². The Morgan fingerprint density at radius 1 is 1.11 bits per heavy atom. The number of phenolic OH excluding ortho intramolecular Hbond substituents is 1. The van der Waals surface area contributed by atoms with E-state index in [1.54, 1.807) is 12.1 Å². The van der Waals surface area contributed by atoms with E-state index in [0.717, 1.165) is 30.4 Å². The molecule has 1 aromatic carbocycles. The summed E-state index contributed by atoms with van der Waals surface area (Å²) >= 11 is 12.1. The molecule has 2 aliphatic carbocycles. The third-order valence-corrected chi connectivity index (χ3v) is 4.82. The fourth-order valence-corrected chi connectivity index (χ4v) is 3.51. The zero-order valence-corrected chi connectivity index (χ0v) is 11.1. The molecule has 2 unspecified atom stereocenters. The topological polar surface area (TPSA) is 37.3 Å². The van der Waals surface area contributed by atoms with Crippen LogP contribution in [0.2, 0.25) is 10.0 Å². The molecule has 0 aromatic heterocycles. The van der Waals surface area contributed by atoms with Crippen molar-refractivity contribution < 1.29 is 9.90 Å². The highest BCUT2D eigenvalue weighted by Crippen LogP contribution is 2.49. The molecule has 0 heterocycles. The Hall–Kier alpha value is -0.990. The summed E-state index contributed by atoms with van der Waals surface area (Å²) < 4.78 is 0. The third kappa shape index (κ3) is 1.67. The van der Waals surface area contributed by atoms with Crippen LogP contribution in [0.4, 0.5) is 0 Å². The quantitative estimate of drug-likeness (QED) is 0.843. The summed E-state index contributed by atoms with van der Waals surface area (Å²) in [4.78, 5) is 11.9. The number of benzene rings is 1. The summed E-state index contributed by atoms with van der Waals surface area (Å²) in [6.45, 7) is 0. The van der Waals surface area contributed by atoms with Crippen molar-refractivity contribution in [3.8, 4) is 5.75 Å². The van der Waals surface area contributed by atoms with Crippen molar-refractivity contribution in [1.82, 2.24) is 0 Å². The Kier molecular flexibility index (Phi) is 2.87. The Balaban J connectivity index is 2.09. The summed E-state index contributed by atoms with van der Waals surface area (Å²) in [6.07, 6.45) is 4.77. The van der Waals surface area contributed by atoms with E-state index in [1.807, 2.05) is 0 Å². The maximum atomic E-state index is 11.9. The van der Waals surface area contributed by atoms with Gasteiger partial charge in [-0.3, -0.25) is 4.79 Å². The van der Waals surface area contributed by atoms with Crippen LogP contribution in [0.25, 0.3) is 5.57 Å². The molecule has 0 amide bonds. The second-order valence-corrected chi connectivity index (χ2v) is 5.66. The zero-order valence-electron chi connectivity index (χ0n) is 9.62. The first-order valence-electron chi connectivity index (χ1n) is 6.02. The number of rotatable bonds is 1. The van der Waals surface area contributed by atoms with Gasteiger partial charge in [0.15, 0.2) is 5.78 Å². The smallest absolute Gasteiger partial charge is 0.159 e. The lowest BCUT2D eigenvalue weighted by Gasteiger charge is -2.15. The van der Waals surface area contributed by atoms with Gasteiger partial charge in [-0.25, -0.2) is 0 Å². The molecule has 2 atom stereocenters. The first-order chi connectivity index (χ1) is 8.59. The molecule has 1 aromatic rings. The summed E-state index contributed by atoms with van der Waals surface area (Å²) in [5, 5.41) is 10.00. The van der Waals surface area contributed by atoms with Crippen molar-refractivity contribution in [1.29, 1.82) is 0 Å². The first-order valence-corrected chi connectivity index (χ1v) is 6.78. The minimum Gasteiger partial charge on any atom is -0.506 e. The van der Waals surface area contributed by atoms with E-state index < -0.39 is 0 Å². The van der Waals surface area contributed by atoms with Gasteiger partial charge in [0.1, 0.15) is 10.8 Å². The van der Waals surface area contributed by atoms with Gasteiger partial charge in [0.25, 0.3) is 0 Å². The summed E-state index contributed by atoms with van der Waals surface area (Å²) in [5.41, 5.74) is 1.76. The van der Waals surface area contributed by atoms with Crippen molar-refractivity contribution >= 4 is 34.6 Å². The van der Waals surface area contributed by atoms with Crippen LogP contribution in [0.5, 0.6) is 5.75 Å². The molecule has 2 aliphatic rings. The molecule has 1 saturated carbocycles. The number of ketones is 1. The van der Waals surface area contributed by atoms with Gasteiger partial charge in [0.2, 0.25) is 0 Å². The highest BCUT2D eigenvalue weighted by atomic mass is 35.5. The molecule has 1 N–H and O–H groups in total. The SMILES string of the molecule is O=C1C=C(c2ccc(O)c(Cl)c2Cl)C2CCCC12. The van der Waals surface area contributed by atoms with Crippen molar-refractivity contribution in [3.63, 3.8) is 0 Å². The van der Waals surface area contributed by atoms with Crippen LogP contribution in [0.15, 0.2) is 18.2 Å².